The van der Waals surface area contributed by atoms with E-state index in [2.05, 4.69) is 59.7 Å². The number of nitrogens with one attached hydrogen (secondary N) is 2. The molecule has 1 unspecified atom stereocenters. The number of guanidine groups is 1. The van der Waals surface area contributed by atoms with Crippen molar-refractivity contribution in [2.24, 2.45) is 10.9 Å². The van der Waals surface area contributed by atoms with Gasteiger partial charge in [-0.15, -0.1) is 0 Å². The Labute approximate surface area is 140 Å². The van der Waals surface area contributed by atoms with Crippen LogP contribution in [0, 0.1) is 12.8 Å². The molecule has 0 amide bonds. The van der Waals surface area contributed by atoms with Crippen molar-refractivity contribution >= 4 is 5.96 Å². The molecular weight excluding hydrogens is 288 g/mol. The molecule has 23 heavy (non-hydrogen) atoms. The molecule has 0 radical (unpaired) electrons. The molecule has 2 N–H and O–H groups in total. The highest BCUT2D eigenvalue weighted by Gasteiger charge is 2.32. The Morgan fingerprint density at radius 2 is 2.09 bits per heavy atom. The van der Waals surface area contributed by atoms with Crippen LogP contribution in [0.1, 0.15) is 24.0 Å². The van der Waals surface area contributed by atoms with E-state index in [9.17, 15) is 0 Å². The highest BCUT2D eigenvalue weighted by Crippen LogP contribution is 2.34. The van der Waals surface area contributed by atoms with Crippen LogP contribution in [0.2, 0.25) is 0 Å². The number of ether oxygens (including phenoxy) is 1. The van der Waals surface area contributed by atoms with Gasteiger partial charge in [0.2, 0.25) is 0 Å². The zero-order valence-corrected chi connectivity index (χ0v) is 15.0. The molecule has 0 bridgehead atoms. The maximum absolute atomic E-state index is 5.45. The van der Waals surface area contributed by atoms with Gasteiger partial charge in [0.05, 0.1) is 7.11 Å². The van der Waals surface area contributed by atoms with E-state index in [1.165, 1.54) is 18.4 Å². The molecule has 0 heterocycles. The lowest BCUT2D eigenvalue weighted by Crippen LogP contribution is -2.45. The van der Waals surface area contributed by atoms with Gasteiger partial charge in [-0.1, -0.05) is 12.1 Å². The summed E-state index contributed by atoms with van der Waals surface area (Å²) in [6, 6.07) is 6.83. The summed E-state index contributed by atoms with van der Waals surface area (Å²) in [5.41, 5.74) is 2.33. The smallest absolute Gasteiger partial charge is 0.191 e. The molecule has 1 aliphatic carbocycles. The van der Waals surface area contributed by atoms with Crippen LogP contribution in [0.5, 0.6) is 5.75 Å². The first kappa shape index (κ1) is 17.6. The Morgan fingerprint density at radius 1 is 1.35 bits per heavy atom. The molecule has 5 heteroatoms. The van der Waals surface area contributed by atoms with Gasteiger partial charge in [-0.3, -0.25) is 4.99 Å². The maximum atomic E-state index is 5.45. The first-order valence-corrected chi connectivity index (χ1v) is 8.29. The minimum Gasteiger partial charge on any atom is -0.496 e. The number of hydrogen-bond donors (Lipinski definition) is 2. The molecule has 5 nitrogen and oxygen atoms in total. The van der Waals surface area contributed by atoms with Crippen LogP contribution in [0.25, 0.3) is 0 Å². The summed E-state index contributed by atoms with van der Waals surface area (Å²) < 4.78 is 5.45. The second-order valence-electron chi connectivity index (χ2n) is 6.49. The third-order valence-electron chi connectivity index (χ3n) is 4.42. The van der Waals surface area contributed by atoms with Crippen molar-refractivity contribution in [2.75, 3.05) is 34.8 Å². The van der Waals surface area contributed by atoms with Crippen molar-refractivity contribution in [3.05, 3.63) is 29.3 Å². The summed E-state index contributed by atoms with van der Waals surface area (Å²) in [7, 11) is 7.82. The van der Waals surface area contributed by atoms with Crippen molar-refractivity contribution in [2.45, 2.75) is 32.4 Å². The maximum Gasteiger partial charge on any atom is 0.191 e. The molecule has 1 aromatic rings. The Bertz CT molecular complexity index is 536. The molecule has 0 aromatic heterocycles. The zero-order valence-electron chi connectivity index (χ0n) is 15.0. The molecule has 2 rings (SSSR count). The fourth-order valence-corrected chi connectivity index (χ4v) is 2.85. The number of likely N-dealkylation sites (N-methyl/N-ethyl adjacent to an activating group) is 1. The molecule has 1 saturated carbocycles. The third kappa shape index (κ3) is 5.13. The molecular formula is C18H30N4O. The van der Waals surface area contributed by atoms with Crippen molar-refractivity contribution in [3.8, 4) is 5.75 Å². The van der Waals surface area contributed by atoms with Crippen LogP contribution in [-0.4, -0.2) is 51.7 Å². The number of aryl methyl sites for hydroxylation is 1. The van der Waals surface area contributed by atoms with E-state index in [1.54, 1.807) is 7.11 Å². The number of aliphatic imine (C=N–C) groups is 1. The van der Waals surface area contributed by atoms with Crippen LogP contribution in [0.3, 0.4) is 0 Å². The first-order chi connectivity index (χ1) is 11.0. The second-order valence-corrected chi connectivity index (χ2v) is 6.49. The van der Waals surface area contributed by atoms with Gasteiger partial charge in [0.15, 0.2) is 5.96 Å². The van der Waals surface area contributed by atoms with Gasteiger partial charge in [0.25, 0.3) is 0 Å². The van der Waals surface area contributed by atoms with E-state index in [0.29, 0.717) is 12.6 Å². The van der Waals surface area contributed by atoms with E-state index in [0.717, 1.165) is 29.7 Å². The second kappa shape index (κ2) is 8.20. The van der Waals surface area contributed by atoms with E-state index >= 15 is 0 Å². The third-order valence-corrected chi connectivity index (χ3v) is 4.42. The van der Waals surface area contributed by atoms with Crippen LogP contribution >= 0.6 is 0 Å². The lowest BCUT2D eigenvalue weighted by Gasteiger charge is -2.25. The molecule has 1 aromatic carbocycles. The van der Waals surface area contributed by atoms with Crippen LogP contribution < -0.4 is 15.4 Å². The molecule has 1 atom stereocenters. The Hall–Kier alpha value is -1.75. The van der Waals surface area contributed by atoms with Crippen LogP contribution in [-0.2, 0) is 6.54 Å². The monoisotopic (exact) mass is 318 g/mol. The summed E-state index contributed by atoms with van der Waals surface area (Å²) in [5.74, 6) is 2.57. The minimum absolute atomic E-state index is 0.572. The van der Waals surface area contributed by atoms with Crippen LogP contribution in [0.4, 0.5) is 0 Å². The van der Waals surface area contributed by atoms with Gasteiger partial charge in [-0.25, -0.2) is 0 Å². The van der Waals surface area contributed by atoms with Gasteiger partial charge >= 0.3 is 0 Å². The lowest BCUT2D eigenvalue weighted by atomic mass is 10.1. The van der Waals surface area contributed by atoms with Gasteiger partial charge < -0.3 is 20.3 Å². The molecule has 0 spiro atoms. The van der Waals surface area contributed by atoms with Gasteiger partial charge in [0.1, 0.15) is 5.75 Å². The van der Waals surface area contributed by atoms with E-state index < -0.39 is 0 Å². The minimum atomic E-state index is 0.572. The Morgan fingerprint density at radius 3 is 2.65 bits per heavy atom. The summed E-state index contributed by atoms with van der Waals surface area (Å²) in [4.78, 5) is 6.63. The number of nitrogens with zero attached hydrogens (tertiary/aromatic N) is 2. The van der Waals surface area contributed by atoms with Crippen molar-refractivity contribution in [1.29, 1.82) is 0 Å². The standard InChI is InChI=1S/C18H30N4O/c1-13-6-7-15(17(10-13)23-5)11-20-18(19-2)21-12-16(22(3)4)14-8-9-14/h6-7,10,14,16H,8-9,11-12H2,1-5H3,(H2,19,20,21). The quantitative estimate of drug-likeness (QED) is 0.596. The van der Waals surface area contributed by atoms with Crippen LogP contribution in [0.15, 0.2) is 23.2 Å². The number of methoxy groups -OCH3 is 1. The zero-order chi connectivity index (χ0) is 16.8. The van der Waals surface area contributed by atoms with Gasteiger partial charge in [0, 0.05) is 31.7 Å². The summed E-state index contributed by atoms with van der Waals surface area (Å²) in [5, 5.41) is 6.82. The largest absolute Gasteiger partial charge is 0.496 e. The summed E-state index contributed by atoms with van der Waals surface area (Å²) in [6.45, 7) is 3.68. The first-order valence-electron chi connectivity index (χ1n) is 8.29. The highest BCUT2D eigenvalue weighted by molar-refractivity contribution is 5.79. The van der Waals surface area contributed by atoms with Crippen molar-refractivity contribution in [1.82, 2.24) is 15.5 Å². The van der Waals surface area contributed by atoms with Crippen molar-refractivity contribution in [3.63, 3.8) is 0 Å². The Balaban J connectivity index is 1.88. The number of benzene rings is 1. The fraction of sp³-hybridized carbons (Fsp3) is 0.611. The fourth-order valence-electron chi connectivity index (χ4n) is 2.85. The van der Waals surface area contributed by atoms with E-state index in [-0.39, 0.29) is 0 Å². The summed E-state index contributed by atoms with van der Waals surface area (Å²) in [6.07, 6.45) is 2.69. The summed E-state index contributed by atoms with van der Waals surface area (Å²) >= 11 is 0. The Kier molecular flexibility index (Phi) is 6.28. The van der Waals surface area contributed by atoms with Gasteiger partial charge in [-0.2, -0.15) is 0 Å². The van der Waals surface area contributed by atoms with Crippen molar-refractivity contribution < 1.29 is 4.74 Å². The number of hydrogen-bond acceptors (Lipinski definition) is 3. The topological polar surface area (TPSA) is 48.9 Å². The van der Waals surface area contributed by atoms with Gasteiger partial charge in [-0.05, 0) is 51.4 Å². The predicted octanol–water partition coefficient (Wildman–Crippen LogP) is 2.01. The average Bonchev–Trinajstić information content (AvgIpc) is 3.35. The molecule has 0 saturated heterocycles. The number of rotatable bonds is 7. The molecule has 1 fully saturated rings. The highest BCUT2D eigenvalue weighted by atomic mass is 16.5. The van der Waals surface area contributed by atoms with E-state index in [1.807, 2.05) is 7.05 Å². The molecule has 128 valence electrons. The normalized spacial score (nSPS) is 16.3. The molecule has 1 aliphatic rings. The predicted molar refractivity (Wildman–Crippen MR) is 96.1 cm³/mol. The molecule has 0 aliphatic heterocycles. The van der Waals surface area contributed by atoms with E-state index in [4.69, 9.17) is 4.74 Å². The average molecular weight is 318 g/mol. The SMILES string of the molecule is CN=C(NCc1ccc(C)cc1OC)NCC(C1CC1)N(C)C. The lowest BCUT2D eigenvalue weighted by molar-refractivity contribution is 0.264.